The Bertz CT molecular complexity index is 1210. The Balaban J connectivity index is 1.36. The number of carbonyl (C=O) groups excluding carboxylic acids is 1. The molecule has 0 radical (unpaired) electrons. The molecule has 4 aromatic rings. The largest absolute Gasteiger partial charge is 0.352 e. The molecule has 1 aliphatic rings. The summed E-state index contributed by atoms with van der Waals surface area (Å²) in [7, 11) is 0. The van der Waals surface area contributed by atoms with Crippen LogP contribution in [0.1, 0.15) is 28.9 Å². The molecule has 1 aromatic carbocycles. The lowest BCUT2D eigenvalue weighted by atomic mass is 10.0. The number of piperidine rings is 1. The molecule has 7 heteroatoms. The van der Waals surface area contributed by atoms with E-state index < -0.39 is 0 Å². The van der Waals surface area contributed by atoms with Crippen LogP contribution >= 0.6 is 0 Å². The summed E-state index contributed by atoms with van der Waals surface area (Å²) in [5, 5.41) is 3.62. The van der Waals surface area contributed by atoms with E-state index in [0.717, 1.165) is 41.3 Å². The van der Waals surface area contributed by atoms with Gasteiger partial charge >= 0.3 is 0 Å². The summed E-state index contributed by atoms with van der Waals surface area (Å²) in [6, 6.07) is 17.9. The van der Waals surface area contributed by atoms with Gasteiger partial charge in [0.15, 0.2) is 0 Å². The van der Waals surface area contributed by atoms with E-state index in [-0.39, 0.29) is 11.9 Å². The molecule has 0 aliphatic carbocycles. The minimum absolute atomic E-state index is 0.0442. The summed E-state index contributed by atoms with van der Waals surface area (Å²) in [6.07, 6.45) is 5.03. The highest BCUT2D eigenvalue weighted by Gasteiger charge is 2.25. The second-order valence-corrected chi connectivity index (χ2v) is 7.85. The second kappa shape index (κ2) is 8.18. The number of fused-ring (bicyclic) bond motifs is 1. The standard InChI is InChI=1S/C24H24N6O/c1-17-6-4-10-22(26-17)30-21-9-3-2-8-20(21)28-24(30)27-19-11-14-29(15-12-19)23(31)18-7-5-13-25-16-18/h2-10,13,16,19H,11-12,14-15H2,1H3,(H,27,28). The molecule has 5 rings (SSSR count). The quantitative estimate of drug-likeness (QED) is 0.551. The molecule has 1 amide bonds. The van der Waals surface area contributed by atoms with E-state index in [2.05, 4.69) is 20.9 Å². The number of amides is 1. The Morgan fingerprint density at radius 1 is 1.00 bits per heavy atom. The zero-order valence-corrected chi connectivity index (χ0v) is 17.4. The number of benzene rings is 1. The topological polar surface area (TPSA) is 75.9 Å². The van der Waals surface area contributed by atoms with Gasteiger partial charge < -0.3 is 10.2 Å². The maximum absolute atomic E-state index is 12.7. The Hall–Kier alpha value is -3.74. The number of aromatic nitrogens is 4. The lowest BCUT2D eigenvalue weighted by Crippen LogP contribution is -2.42. The molecule has 1 N–H and O–H groups in total. The van der Waals surface area contributed by atoms with Gasteiger partial charge in [0, 0.05) is 37.2 Å². The van der Waals surface area contributed by atoms with Crippen molar-refractivity contribution in [3.63, 3.8) is 0 Å². The van der Waals surface area contributed by atoms with Gasteiger partial charge in [0.1, 0.15) is 5.82 Å². The van der Waals surface area contributed by atoms with Crippen molar-refractivity contribution in [2.45, 2.75) is 25.8 Å². The van der Waals surface area contributed by atoms with Crippen LogP contribution in [-0.4, -0.2) is 49.5 Å². The van der Waals surface area contributed by atoms with Crippen LogP contribution in [0.15, 0.2) is 67.0 Å². The van der Waals surface area contributed by atoms with Gasteiger partial charge in [-0.2, -0.15) is 0 Å². The molecule has 0 bridgehead atoms. The molecule has 31 heavy (non-hydrogen) atoms. The van der Waals surface area contributed by atoms with Crippen LogP contribution in [0, 0.1) is 6.92 Å². The molecule has 7 nitrogen and oxygen atoms in total. The number of hydrogen-bond donors (Lipinski definition) is 1. The molecule has 0 unspecified atom stereocenters. The van der Waals surface area contributed by atoms with Crippen molar-refractivity contribution in [2.24, 2.45) is 0 Å². The zero-order valence-electron chi connectivity index (χ0n) is 17.4. The van der Waals surface area contributed by atoms with Crippen LogP contribution in [0.3, 0.4) is 0 Å². The van der Waals surface area contributed by atoms with Crippen molar-refractivity contribution in [2.75, 3.05) is 18.4 Å². The highest BCUT2D eigenvalue weighted by molar-refractivity contribution is 5.94. The number of hydrogen-bond acceptors (Lipinski definition) is 5. The van der Waals surface area contributed by atoms with Gasteiger partial charge in [-0.3, -0.25) is 14.3 Å². The molecule has 0 atom stereocenters. The fraction of sp³-hybridized carbons (Fsp3) is 0.250. The summed E-state index contributed by atoms with van der Waals surface area (Å²) in [5.74, 6) is 1.68. The summed E-state index contributed by atoms with van der Waals surface area (Å²) < 4.78 is 2.08. The molecular weight excluding hydrogens is 388 g/mol. The maximum Gasteiger partial charge on any atom is 0.255 e. The third-order valence-corrected chi connectivity index (χ3v) is 5.69. The molecule has 1 fully saturated rings. The molecule has 0 saturated carbocycles. The Labute approximate surface area is 180 Å². The zero-order chi connectivity index (χ0) is 21.2. The summed E-state index contributed by atoms with van der Waals surface area (Å²) in [6.45, 7) is 3.40. The second-order valence-electron chi connectivity index (χ2n) is 7.85. The predicted molar refractivity (Wildman–Crippen MR) is 120 cm³/mol. The van der Waals surface area contributed by atoms with Gasteiger partial charge in [-0.05, 0) is 56.2 Å². The van der Waals surface area contributed by atoms with Crippen molar-refractivity contribution < 1.29 is 4.79 Å². The lowest BCUT2D eigenvalue weighted by molar-refractivity contribution is 0.0718. The highest BCUT2D eigenvalue weighted by Crippen LogP contribution is 2.26. The van der Waals surface area contributed by atoms with Crippen molar-refractivity contribution in [3.8, 4) is 5.82 Å². The van der Waals surface area contributed by atoms with Crippen LogP contribution in [0.5, 0.6) is 0 Å². The van der Waals surface area contributed by atoms with E-state index in [1.807, 2.05) is 54.3 Å². The van der Waals surface area contributed by atoms with Gasteiger partial charge in [0.25, 0.3) is 5.91 Å². The van der Waals surface area contributed by atoms with Crippen molar-refractivity contribution in [3.05, 3.63) is 78.2 Å². The summed E-state index contributed by atoms with van der Waals surface area (Å²) in [4.78, 5) is 28.2. The molecular formula is C24H24N6O. The van der Waals surface area contributed by atoms with Crippen LogP contribution in [0.2, 0.25) is 0 Å². The fourth-order valence-electron chi connectivity index (χ4n) is 4.09. The van der Waals surface area contributed by atoms with Crippen molar-refractivity contribution >= 4 is 22.9 Å². The molecule has 0 spiro atoms. The van der Waals surface area contributed by atoms with Gasteiger partial charge in [-0.15, -0.1) is 0 Å². The van der Waals surface area contributed by atoms with Gasteiger partial charge in [-0.25, -0.2) is 9.97 Å². The van der Waals surface area contributed by atoms with Crippen molar-refractivity contribution in [1.29, 1.82) is 0 Å². The van der Waals surface area contributed by atoms with Crippen LogP contribution in [0.25, 0.3) is 16.9 Å². The van der Waals surface area contributed by atoms with Gasteiger partial charge in [-0.1, -0.05) is 18.2 Å². The normalized spacial score (nSPS) is 14.7. The van der Waals surface area contributed by atoms with Gasteiger partial charge in [0.05, 0.1) is 16.6 Å². The Kier molecular flexibility index (Phi) is 5.08. The molecule has 4 heterocycles. The SMILES string of the molecule is Cc1cccc(-n2c(NC3CCN(C(=O)c4cccnc4)CC3)nc3ccccc32)n1. The number of rotatable bonds is 4. The number of aryl methyl sites for hydroxylation is 1. The van der Waals surface area contributed by atoms with Crippen molar-refractivity contribution in [1.82, 2.24) is 24.4 Å². The number of nitrogens with zero attached hydrogens (tertiary/aromatic N) is 5. The van der Waals surface area contributed by atoms with Crippen LogP contribution in [0.4, 0.5) is 5.95 Å². The number of imidazole rings is 1. The first kappa shape index (κ1) is 19.2. The van der Waals surface area contributed by atoms with Crippen LogP contribution < -0.4 is 5.32 Å². The van der Waals surface area contributed by atoms with E-state index in [4.69, 9.17) is 9.97 Å². The Morgan fingerprint density at radius 2 is 1.84 bits per heavy atom. The minimum atomic E-state index is 0.0442. The highest BCUT2D eigenvalue weighted by atomic mass is 16.2. The first-order chi connectivity index (χ1) is 15.2. The van der Waals surface area contributed by atoms with E-state index >= 15 is 0 Å². The fourth-order valence-corrected chi connectivity index (χ4v) is 4.09. The first-order valence-corrected chi connectivity index (χ1v) is 10.6. The number of carbonyl (C=O) groups is 1. The predicted octanol–water partition coefficient (Wildman–Crippen LogP) is 3.84. The number of anilines is 1. The average molecular weight is 412 g/mol. The summed E-state index contributed by atoms with van der Waals surface area (Å²) in [5.41, 5.74) is 3.55. The number of para-hydroxylation sites is 2. The molecule has 3 aromatic heterocycles. The molecule has 1 aliphatic heterocycles. The lowest BCUT2D eigenvalue weighted by Gasteiger charge is -2.32. The average Bonchev–Trinajstić information content (AvgIpc) is 3.17. The van der Waals surface area contributed by atoms with Gasteiger partial charge in [0.2, 0.25) is 5.95 Å². The smallest absolute Gasteiger partial charge is 0.255 e. The van der Waals surface area contributed by atoms with E-state index in [1.54, 1.807) is 18.5 Å². The number of pyridine rings is 2. The third kappa shape index (κ3) is 3.86. The monoisotopic (exact) mass is 412 g/mol. The van der Waals surface area contributed by atoms with E-state index in [0.29, 0.717) is 18.7 Å². The first-order valence-electron chi connectivity index (χ1n) is 10.6. The minimum Gasteiger partial charge on any atom is -0.352 e. The maximum atomic E-state index is 12.7. The van der Waals surface area contributed by atoms with Crippen LogP contribution in [-0.2, 0) is 0 Å². The number of likely N-dealkylation sites (tertiary alicyclic amines) is 1. The number of nitrogens with one attached hydrogen (secondary N) is 1. The van der Waals surface area contributed by atoms with E-state index in [1.165, 1.54) is 0 Å². The molecule has 1 saturated heterocycles. The molecule has 156 valence electrons. The Morgan fingerprint density at radius 3 is 2.61 bits per heavy atom. The van der Waals surface area contributed by atoms with E-state index in [9.17, 15) is 4.79 Å². The summed E-state index contributed by atoms with van der Waals surface area (Å²) >= 11 is 0. The third-order valence-electron chi connectivity index (χ3n) is 5.69.